The van der Waals surface area contributed by atoms with Gasteiger partial charge in [-0.25, -0.2) is 0 Å². The van der Waals surface area contributed by atoms with Crippen LogP contribution in [-0.4, -0.2) is 25.0 Å². The molecule has 0 fully saturated rings. The maximum absolute atomic E-state index is 13.9. The Balaban J connectivity index is 1.60. The maximum atomic E-state index is 13.9. The molecule has 1 aliphatic heterocycles. The molecule has 0 spiro atoms. The number of aromatic nitrogens is 1. The van der Waals surface area contributed by atoms with E-state index < -0.39 is 0 Å². The van der Waals surface area contributed by atoms with Gasteiger partial charge >= 0.3 is 0 Å². The van der Waals surface area contributed by atoms with E-state index in [0.29, 0.717) is 6.42 Å². The Morgan fingerprint density at radius 1 is 0.914 bits per heavy atom. The molecule has 2 atom stereocenters. The van der Waals surface area contributed by atoms with Gasteiger partial charge in [0.2, 0.25) is 0 Å². The molecule has 0 saturated carbocycles. The third-order valence-electron chi connectivity index (χ3n) is 7.22. The second-order valence-corrected chi connectivity index (χ2v) is 9.09. The molecule has 174 valence electrons. The van der Waals surface area contributed by atoms with Crippen LogP contribution in [0.2, 0.25) is 0 Å². The molecule has 5 nitrogen and oxygen atoms in total. The molecule has 1 aromatic heterocycles. The Morgan fingerprint density at radius 3 is 2.57 bits per heavy atom. The van der Waals surface area contributed by atoms with Gasteiger partial charge in [-0.3, -0.25) is 9.78 Å². The average Bonchev–Trinajstić information content (AvgIpc) is 2.91. The predicted molar refractivity (Wildman–Crippen MR) is 137 cm³/mol. The second kappa shape index (κ2) is 8.58. The first-order chi connectivity index (χ1) is 17.2. The van der Waals surface area contributed by atoms with Crippen molar-refractivity contribution in [3.63, 3.8) is 0 Å². The normalized spacial score (nSPS) is 19.1. The number of carbonyl (C=O) groups excluding carboxylic acids is 1. The number of hydrogen-bond acceptors (Lipinski definition) is 5. The van der Waals surface area contributed by atoms with E-state index in [-0.39, 0.29) is 17.6 Å². The summed E-state index contributed by atoms with van der Waals surface area (Å²) in [6.45, 7) is 0. The third-order valence-corrected chi connectivity index (χ3v) is 7.22. The number of hydrogen-bond donors (Lipinski definition) is 1. The van der Waals surface area contributed by atoms with E-state index in [1.807, 2.05) is 48.5 Å². The first-order valence-electron chi connectivity index (χ1n) is 11.9. The highest BCUT2D eigenvalue weighted by molar-refractivity contribution is 6.04. The van der Waals surface area contributed by atoms with E-state index in [4.69, 9.17) is 9.47 Å². The Bertz CT molecular complexity index is 1480. The van der Waals surface area contributed by atoms with E-state index in [1.165, 1.54) is 5.56 Å². The van der Waals surface area contributed by atoms with Gasteiger partial charge < -0.3 is 14.8 Å². The largest absolute Gasteiger partial charge is 0.497 e. The van der Waals surface area contributed by atoms with Crippen LogP contribution in [0.25, 0.3) is 10.9 Å². The van der Waals surface area contributed by atoms with E-state index in [1.54, 1.807) is 20.4 Å². The maximum Gasteiger partial charge on any atom is 0.162 e. The van der Waals surface area contributed by atoms with E-state index in [9.17, 15) is 4.79 Å². The fraction of sp³-hybridized carbons (Fsp3) is 0.200. The van der Waals surface area contributed by atoms with Crippen molar-refractivity contribution in [2.75, 3.05) is 19.5 Å². The van der Waals surface area contributed by atoms with Crippen LogP contribution in [0.1, 0.15) is 41.4 Å². The van der Waals surface area contributed by atoms with Crippen molar-refractivity contribution in [1.82, 2.24) is 4.98 Å². The van der Waals surface area contributed by atoms with E-state index in [0.717, 1.165) is 56.9 Å². The lowest BCUT2D eigenvalue weighted by Crippen LogP contribution is -2.30. The molecule has 35 heavy (non-hydrogen) atoms. The van der Waals surface area contributed by atoms with Crippen molar-refractivity contribution >= 4 is 22.4 Å². The summed E-state index contributed by atoms with van der Waals surface area (Å²) in [4.78, 5) is 18.5. The molecule has 4 aromatic rings. The summed E-state index contributed by atoms with van der Waals surface area (Å²) in [7, 11) is 3.32. The number of ether oxygens (including phenoxy) is 2. The zero-order valence-corrected chi connectivity index (χ0v) is 19.7. The molecule has 1 aliphatic carbocycles. The highest BCUT2D eigenvalue weighted by Crippen LogP contribution is 2.52. The highest BCUT2D eigenvalue weighted by atomic mass is 16.5. The minimum absolute atomic E-state index is 0.145. The zero-order chi connectivity index (χ0) is 23.9. The van der Waals surface area contributed by atoms with Crippen LogP contribution in [0.4, 0.5) is 5.69 Å². The van der Waals surface area contributed by atoms with Gasteiger partial charge in [-0.05, 0) is 59.9 Å². The van der Waals surface area contributed by atoms with Crippen LogP contribution in [0.3, 0.4) is 0 Å². The molecule has 6 rings (SSSR count). The molecule has 2 heterocycles. The summed E-state index contributed by atoms with van der Waals surface area (Å²) in [5.41, 5.74) is 6.86. The summed E-state index contributed by atoms with van der Waals surface area (Å²) >= 11 is 0. The number of carbonyl (C=O) groups is 1. The number of Topliss-reactive ketones (excluding diaryl/α,β-unsaturated/α-hetero) is 1. The number of nitrogens with one attached hydrogen (secondary N) is 1. The van der Waals surface area contributed by atoms with Crippen molar-refractivity contribution in [3.8, 4) is 11.5 Å². The van der Waals surface area contributed by atoms with Crippen LogP contribution in [-0.2, 0) is 4.79 Å². The minimum atomic E-state index is -0.288. The first-order valence-corrected chi connectivity index (χ1v) is 11.9. The van der Waals surface area contributed by atoms with E-state index >= 15 is 0 Å². The standard InChI is InChI=1S/C30H26N2O3/c1-34-20-10-13-27(35-2)22(17-20)29-28-21-9-6-14-31-23(21)11-12-24(28)32-25-15-19(16-26(33)30(25)29)18-7-4-3-5-8-18/h3-14,17,19,29,32H,15-16H2,1-2H3. The van der Waals surface area contributed by atoms with E-state index in [2.05, 4.69) is 34.6 Å². The summed E-state index contributed by atoms with van der Waals surface area (Å²) in [5.74, 6) is 1.48. The van der Waals surface area contributed by atoms with Crippen molar-refractivity contribution in [2.45, 2.75) is 24.7 Å². The van der Waals surface area contributed by atoms with Crippen LogP contribution in [0, 0.1) is 0 Å². The van der Waals surface area contributed by atoms with Crippen LogP contribution in [0.15, 0.2) is 90.3 Å². The minimum Gasteiger partial charge on any atom is -0.497 e. The van der Waals surface area contributed by atoms with Gasteiger partial charge in [0, 0.05) is 46.4 Å². The fourth-order valence-corrected chi connectivity index (χ4v) is 5.62. The van der Waals surface area contributed by atoms with Crippen molar-refractivity contribution in [1.29, 1.82) is 0 Å². The fourth-order valence-electron chi connectivity index (χ4n) is 5.62. The van der Waals surface area contributed by atoms with Gasteiger partial charge in [0.25, 0.3) is 0 Å². The van der Waals surface area contributed by atoms with Crippen LogP contribution in [0.5, 0.6) is 11.5 Å². The topological polar surface area (TPSA) is 60.5 Å². The summed E-state index contributed by atoms with van der Waals surface area (Å²) < 4.78 is 11.4. The predicted octanol–water partition coefficient (Wildman–Crippen LogP) is 6.21. The number of benzene rings is 3. The number of fused-ring (bicyclic) bond motifs is 3. The molecule has 0 radical (unpaired) electrons. The van der Waals surface area contributed by atoms with Gasteiger partial charge in [-0.1, -0.05) is 36.4 Å². The smallest absolute Gasteiger partial charge is 0.162 e. The summed E-state index contributed by atoms with van der Waals surface area (Å²) in [5, 5.41) is 4.67. The van der Waals surface area contributed by atoms with Gasteiger partial charge in [0.05, 0.1) is 19.7 Å². The quantitative estimate of drug-likeness (QED) is 0.391. The Hall–Kier alpha value is -4.12. The monoisotopic (exact) mass is 462 g/mol. The number of rotatable bonds is 4. The highest BCUT2D eigenvalue weighted by Gasteiger charge is 2.40. The molecular formula is C30H26N2O3. The summed E-state index contributed by atoms with van der Waals surface area (Å²) in [6.07, 6.45) is 3.05. The lowest BCUT2D eigenvalue weighted by atomic mass is 9.71. The number of anilines is 1. The molecule has 5 heteroatoms. The molecule has 0 saturated heterocycles. The number of methoxy groups -OCH3 is 2. The molecule has 0 amide bonds. The molecule has 0 bridgehead atoms. The Kier molecular flexibility index (Phi) is 5.25. The van der Waals surface area contributed by atoms with Crippen molar-refractivity contribution < 1.29 is 14.3 Å². The lowest BCUT2D eigenvalue weighted by molar-refractivity contribution is -0.116. The molecule has 2 aliphatic rings. The first kappa shape index (κ1) is 21.4. The average molecular weight is 463 g/mol. The Labute approximate surface area is 204 Å². The number of nitrogens with zero attached hydrogens (tertiary/aromatic N) is 1. The summed E-state index contributed by atoms with van der Waals surface area (Å²) in [6, 6.07) is 24.2. The van der Waals surface area contributed by atoms with Gasteiger partial charge in [-0.2, -0.15) is 0 Å². The third kappa shape index (κ3) is 3.55. The van der Waals surface area contributed by atoms with Crippen LogP contribution < -0.4 is 14.8 Å². The van der Waals surface area contributed by atoms with Gasteiger partial charge in [0.1, 0.15) is 11.5 Å². The number of ketones is 1. The van der Waals surface area contributed by atoms with Crippen LogP contribution >= 0.6 is 0 Å². The molecular weight excluding hydrogens is 436 g/mol. The van der Waals surface area contributed by atoms with Gasteiger partial charge in [-0.15, -0.1) is 0 Å². The van der Waals surface area contributed by atoms with Gasteiger partial charge in [0.15, 0.2) is 5.78 Å². The molecule has 1 N–H and O–H groups in total. The van der Waals surface area contributed by atoms with Crippen molar-refractivity contribution in [2.24, 2.45) is 0 Å². The lowest BCUT2D eigenvalue weighted by Gasteiger charge is -2.37. The number of allylic oxidation sites excluding steroid dienone is 2. The Morgan fingerprint density at radius 2 is 1.77 bits per heavy atom. The molecule has 3 aromatic carbocycles. The number of pyridine rings is 1. The van der Waals surface area contributed by atoms with Crippen molar-refractivity contribution in [3.05, 3.63) is 107 Å². The zero-order valence-electron chi connectivity index (χ0n) is 19.7. The second-order valence-electron chi connectivity index (χ2n) is 9.09. The molecule has 2 unspecified atom stereocenters. The SMILES string of the molecule is COc1ccc(OC)c(C2C3=C(CC(c4ccccc4)CC3=O)Nc3ccc4ncccc4c32)c1.